The number of piperidine rings is 2. The maximum Gasteiger partial charge on any atom is 0.0587 e. The van der Waals surface area contributed by atoms with Crippen LogP contribution in [0.15, 0.2) is 12.7 Å². The van der Waals surface area contributed by atoms with E-state index in [1.54, 1.807) is 6.07 Å². The van der Waals surface area contributed by atoms with Crippen LogP contribution in [0.4, 0.5) is 0 Å². The lowest BCUT2D eigenvalue weighted by Gasteiger charge is -2.29. The topological polar surface area (TPSA) is 30.3 Å². The molecule has 0 spiro atoms. The Morgan fingerprint density at radius 2 is 1.52 bits per heavy atom. The predicted molar refractivity (Wildman–Crippen MR) is 104 cm³/mol. The highest BCUT2D eigenvalue weighted by molar-refractivity contribution is 4.88. The highest BCUT2D eigenvalue weighted by atomic mass is 15.1. The van der Waals surface area contributed by atoms with Gasteiger partial charge >= 0.3 is 0 Å². The summed E-state index contributed by atoms with van der Waals surface area (Å²) in [4.78, 5) is 4.93. The minimum Gasteiger partial charge on any atom is -0.301 e. The van der Waals surface area contributed by atoms with Crippen molar-refractivity contribution in [1.82, 2.24) is 9.80 Å². The molecule has 2 aliphatic rings. The lowest BCUT2D eigenvalue weighted by molar-refractivity contribution is 0.185. The van der Waals surface area contributed by atoms with Gasteiger partial charge in [-0.25, -0.2) is 0 Å². The molecular weight excluding hydrogens is 282 g/mol. The second kappa shape index (κ2) is 17.5. The van der Waals surface area contributed by atoms with E-state index in [0.717, 1.165) is 6.04 Å². The van der Waals surface area contributed by atoms with Crippen LogP contribution < -0.4 is 0 Å². The van der Waals surface area contributed by atoms with Crippen LogP contribution >= 0.6 is 0 Å². The van der Waals surface area contributed by atoms with Gasteiger partial charge in [-0.2, -0.15) is 5.26 Å². The predicted octanol–water partition coefficient (Wildman–Crippen LogP) is 5.09. The van der Waals surface area contributed by atoms with E-state index in [1.807, 2.05) is 13.8 Å². The molecule has 2 rings (SSSR count). The molecular formula is C20H41N3. The van der Waals surface area contributed by atoms with Gasteiger partial charge in [-0.3, -0.25) is 4.90 Å². The third-order valence-electron chi connectivity index (χ3n) is 4.22. The van der Waals surface area contributed by atoms with Crippen molar-refractivity contribution in [2.24, 2.45) is 0 Å². The number of likely N-dealkylation sites (tertiary alicyclic amines) is 2. The van der Waals surface area contributed by atoms with Crippen molar-refractivity contribution in [2.75, 3.05) is 26.7 Å². The number of nitriles is 1. The number of hydrogen-bond acceptors (Lipinski definition) is 3. The van der Waals surface area contributed by atoms with Crippen molar-refractivity contribution in [2.45, 2.75) is 85.2 Å². The van der Waals surface area contributed by atoms with Gasteiger partial charge in [0, 0.05) is 19.0 Å². The molecule has 1 unspecified atom stereocenters. The SMILES string of the molecule is C=CC1CCCCN1C.CC.CC#N.CC(C)N1CCCCC1. The lowest BCUT2D eigenvalue weighted by Crippen LogP contribution is -2.35. The average molecular weight is 324 g/mol. The molecule has 0 aliphatic carbocycles. The van der Waals surface area contributed by atoms with Crippen molar-refractivity contribution < 1.29 is 0 Å². The first-order valence-corrected chi connectivity index (χ1v) is 9.44. The largest absolute Gasteiger partial charge is 0.301 e. The number of hydrogen-bond donors (Lipinski definition) is 0. The minimum absolute atomic E-state index is 0.652. The van der Waals surface area contributed by atoms with Crippen LogP contribution in [0.5, 0.6) is 0 Å². The van der Waals surface area contributed by atoms with E-state index in [9.17, 15) is 0 Å². The second-order valence-electron chi connectivity index (χ2n) is 6.19. The summed E-state index contributed by atoms with van der Waals surface area (Å²) >= 11 is 0. The molecule has 2 saturated heterocycles. The zero-order valence-corrected chi connectivity index (χ0v) is 16.6. The van der Waals surface area contributed by atoms with Crippen LogP contribution in [0.3, 0.4) is 0 Å². The van der Waals surface area contributed by atoms with Gasteiger partial charge in [0.2, 0.25) is 0 Å². The zero-order valence-electron chi connectivity index (χ0n) is 16.6. The Morgan fingerprint density at radius 3 is 1.83 bits per heavy atom. The van der Waals surface area contributed by atoms with Gasteiger partial charge in [-0.1, -0.05) is 32.8 Å². The third kappa shape index (κ3) is 13.3. The lowest BCUT2D eigenvalue weighted by atomic mass is 10.0. The fraction of sp³-hybridized carbons (Fsp3) is 0.850. The summed E-state index contributed by atoms with van der Waals surface area (Å²) in [5.41, 5.74) is 0. The van der Waals surface area contributed by atoms with Crippen molar-refractivity contribution in [3.8, 4) is 6.07 Å². The molecule has 3 nitrogen and oxygen atoms in total. The first kappa shape index (κ1) is 24.4. The Balaban J connectivity index is 0. The standard InChI is InChI=1S/C8H17N.C8H15N.C2H3N.C2H6/c1-8(2)9-6-4-3-5-7-9;1-3-8-6-4-5-7-9(8)2;1-2-3;1-2/h8H,3-7H2,1-2H3;3,8H,1,4-7H2,2H3;1H3;1-2H3. The van der Waals surface area contributed by atoms with Gasteiger partial charge in [0.15, 0.2) is 0 Å². The first-order valence-electron chi connectivity index (χ1n) is 9.44. The molecule has 2 fully saturated rings. The highest BCUT2D eigenvalue weighted by Crippen LogP contribution is 2.14. The van der Waals surface area contributed by atoms with Crippen molar-refractivity contribution in [3.63, 3.8) is 0 Å². The monoisotopic (exact) mass is 323 g/mol. The third-order valence-corrected chi connectivity index (χ3v) is 4.22. The molecule has 0 aromatic rings. The number of nitrogens with zero attached hydrogens (tertiary/aromatic N) is 3. The first-order chi connectivity index (χ1) is 11.1. The molecule has 2 heterocycles. The van der Waals surface area contributed by atoms with Crippen LogP contribution in [0.1, 0.15) is 73.1 Å². The highest BCUT2D eigenvalue weighted by Gasteiger charge is 2.14. The fourth-order valence-electron chi connectivity index (χ4n) is 2.83. The molecule has 136 valence electrons. The van der Waals surface area contributed by atoms with Crippen molar-refractivity contribution in [1.29, 1.82) is 5.26 Å². The maximum atomic E-state index is 7.32. The summed E-state index contributed by atoms with van der Waals surface area (Å²) in [5.74, 6) is 0. The van der Waals surface area contributed by atoms with Crippen molar-refractivity contribution in [3.05, 3.63) is 12.7 Å². The molecule has 0 saturated carbocycles. The summed E-state index contributed by atoms with van der Waals surface area (Å²) in [6.45, 7) is 17.7. The molecule has 1 atom stereocenters. The van der Waals surface area contributed by atoms with Crippen LogP contribution in [0.2, 0.25) is 0 Å². The van der Waals surface area contributed by atoms with E-state index in [0.29, 0.717) is 6.04 Å². The van der Waals surface area contributed by atoms with Gasteiger partial charge < -0.3 is 4.90 Å². The van der Waals surface area contributed by atoms with Gasteiger partial charge in [0.05, 0.1) is 6.07 Å². The average Bonchev–Trinajstić information content (AvgIpc) is 2.59. The molecule has 0 aromatic carbocycles. The fourth-order valence-corrected chi connectivity index (χ4v) is 2.83. The second-order valence-corrected chi connectivity index (χ2v) is 6.19. The summed E-state index contributed by atoms with van der Waals surface area (Å²) in [5, 5.41) is 7.32. The van der Waals surface area contributed by atoms with E-state index in [4.69, 9.17) is 5.26 Å². The number of likely N-dealkylation sites (N-methyl/N-ethyl adjacent to an activating group) is 1. The van der Waals surface area contributed by atoms with Gasteiger partial charge in [0.1, 0.15) is 0 Å². The van der Waals surface area contributed by atoms with Crippen LogP contribution in [-0.2, 0) is 0 Å². The molecule has 0 bridgehead atoms. The molecule has 2 aliphatic heterocycles. The van der Waals surface area contributed by atoms with E-state index in [1.165, 1.54) is 65.1 Å². The smallest absolute Gasteiger partial charge is 0.0587 e. The van der Waals surface area contributed by atoms with Crippen LogP contribution in [-0.4, -0.2) is 48.6 Å². The molecule has 0 aromatic heterocycles. The normalized spacial score (nSPS) is 21.4. The van der Waals surface area contributed by atoms with E-state index >= 15 is 0 Å². The van der Waals surface area contributed by atoms with E-state index < -0.39 is 0 Å². The summed E-state index contributed by atoms with van der Waals surface area (Å²) in [7, 11) is 2.17. The van der Waals surface area contributed by atoms with E-state index in [2.05, 4.69) is 43.3 Å². The maximum absolute atomic E-state index is 7.32. The molecule has 0 N–H and O–H groups in total. The van der Waals surface area contributed by atoms with Crippen LogP contribution in [0, 0.1) is 11.3 Å². The number of rotatable bonds is 2. The summed E-state index contributed by atoms with van der Waals surface area (Å²) in [6.07, 6.45) is 10.4. The quantitative estimate of drug-likeness (QED) is 0.663. The van der Waals surface area contributed by atoms with Gasteiger partial charge in [-0.05, 0) is 66.2 Å². The Labute approximate surface area is 146 Å². The molecule has 3 heteroatoms. The van der Waals surface area contributed by atoms with Gasteiger partial charge in [0.25, 0.3) is 0 Å². The Kier molecular flexibility index (Phi) is 18.6. The Morgan fingerprint density at radius 1 is 1.04 bits per heavy atom. The Bertz CT molecular complexity index is 288. The summed E-state index contributed by atoms with van der Waals surface area (Å²) < 4.78 is 0. The molecule has 0 amide bonds. The van der Waals surface area contributed by atoms with E-state index in [-0.39, 0.29) is 0 Å². The van der Waals surface area contributed by atoms with Crippen molar-refractivity contribution >= 4 is 0 Å². The summed E-state index contributed by atoms with van der Waals surface area (Å²) in [6, 6.07) is 3.17. The van der Waals surface area contributed by atoms with Crippen LogP contribution in [0.25, 0.3) is 0 Å². The van der Waals surface area contributed by atoms with Gasteiger partial charge in [-0.15, -0.1) is 6.58 Å². The minimum atomic E-state index is 0.652. The zero-order chi connectivity index (χ0) is 18.1. The Hall–Kier alpha value is -0.850. The molecule has 0 radical (unpaired) electrons. The molecule has 23 heavy (non-hydrogen) atoms.